The van der Waals surface area contributed by atoms with E-state index in [0.29, 0.717) is 5.69 Å². The molecule has 0 aliphatic rings. The monoisotopic (exact) mass is 459 g/mol. The zero-order valence-corrected chi connectivity index (χ0v) is 15.6. The normalized spacial score (nSPS) is 11.0. The van der Waals surface area contributed by atoms with Gasteiger partial charge in [0.2, 0.25) is 0 Å². The van der Waals surface area contributed by atoms with Crippen LogP contribution in [0, 0.1) is 0 Å². The Morgan fingerprint density at radius 1 is 0.808 bits per heavy atom. The van der Waals surface area contributed by atoms with Crippen LogP contribution < -0.4 is 0 Å². The molecule has 0 fully saturated rings. The van der Waals surface area contributed by atoms with Gasteiger partial charge in [0.1, 0.15) is 15.0 Å². The van der Waals surface area contributed by atoms with Crippen LogP contribution in [-0.4, -0.2) is 18.4 Å². The van der Waals surface area contributed by atoms with Crippen molar-refractivity contribution in [2.24, 2.45) is 0 Å². The Balaban J connectivity index is 0.000000948. The summed E-state index contributed by atoms with van der Waals surface area (Å²) in [5.74, 6) is 0. The van der Waals surface area contributed by atoms with Gasteiger partial charge in [-0.2, -0.15) is 0 Å². The molecule has 2 heterocycles. The van der Waals surface area contributed by atoms with Crippen LogP contribution in [-0.2, 0) is 29.7 Å². The van der Waals surface area contributed by atoms with Gasteiger partial charge in [0, 0.05) is 17.8 Å². The summed E-state index contributed by atoms with van der Waals surface area (Å²) in [6.45, 7) is 0. The Morgan fingerprint density at radius 2 is 1.54 bits per heavy atom. The zero-order chi connectivity index (χ0) is 18.6. The van der Waals surface area contributed by atoms with Crippen molar-refractivity contribution < 1.29 is 31.4 Å². The molecule has 26 heavy (non-hydrogen) atoms. The summed E-state index contributed by atoms with van der Waals surface area (Å²) < 4.78 is 38.4. The SMILES string of the molecule is O=S(=O)([N-]c1cccc2ccc3cccnc3c12)c1ccccn1.[F][Pd+]. The first kappa shape index (κ1) is 18.4. The summed E-state index contributed by atoms with van der Waals surface area (Å²) in [6, 6.07) is 17.8. The van der Waals surface area contributed by atoms with Gasteiger partial charge in [0.05, 0.1) is 5.52 Å². The molecular formula is C18H12FN3O2PdS. The fraction of sp³-hybridized carbons (Fsp3) is 0. The van der Waals surface area contributed by atoms with Crippen molar-refractivity contribution in [3.8, 4) is 0 Å². The molecule has 2 aromatic carbocycles. The van der Waals surface area contributed by atoms with Gasteiger partial charge in [0.15, 0.2) is 0 Å². The summed E-state index contributed by atoms with van der Waals surface area (Å²) >= 11 is 1.25. The van der Waals surface area contributed by atoms with Crippen LogP contribution in [0.5, 0.6) is 0 Å². The summed E-state index contributed by atoms with van der Waals surface area (Å²) in [5, 5.41) is 2.46. The van der Waals surface area contributed by atoms with Gasteiger partial charge in [-0.3, -0.25) is 4.98 Å². The number of sulfonamides is 1. The predicted molar refractivity (Wildman–Crippen MR) is 94.8 cm³/mol. The zero-order valence-electron chi connectivity index (χ0n) is 13.2. The first-order valence-corrected chi connectivity index (χ1v) is 9.45. The second kappa shape index (κ2) is 7.87. The number of hydrogen-bond donors (Lipinski definition) is 0. The third-order valence-corrected chi connectivity index (χ3v) is 4.92. The first-order chi connectivity index (χ1) is 12.6. The van der Waals surface area contributed by atoms with Crippen LogP contribution in [0.15, 0.2) is 78.1 Å². The van der Waals surface area contributed by atoms with E-state index in [-0.39, 0.29) is 5.03 Å². The van der Waals surface area contributed by atoms with Gasteiger partial charge >= 0.3 is 22.9 Å². The number of nitrogens with zero attached hydrogens (tertiary/aromatic N) is 3. The van der Waals surface area contributed by atoms with E-state index >= 15 is 0 Å². The molecule has 0 saturated carbocycles. The van der Waals surface area contributed by atoms with E-state index in [0.717, 1.165) is 21.7 Å². The van der Waals surface area contributed by atoms with Gasteiger partial charge in [-0.15, -0.1) is 5.69 Å². The van der Waals surface area contributed by atoms with Gasteiger partial charge in [-0.25, -0.2) is 13.4 Å². The molecule has 4 rings (SSSR count). The second-order valence-electron chi connectivity index (χ2n) is 5.25. The Bertz CT molecular complexity index is 1150. The van der Waals surface area contributed by atoms with Crippen molar-refractivity contribution in [3.63, 3.8) is 0 Å². The molecule has 0 amide bonds. The van der Waals surface area contributed by atoms with Crippen LogP contribution in [0.2, 0.25) is 0 Å². The number of rotatable bonds is 3. The molecule has 0 spiro atoms. The van der Waals surface area contributed by atoms with Gasteiger partial charge < -0.3 is 4.72 Å². The van der Waals surface area contributed by atoms with E-state index in [1.807, 2.05) is 30.3 Å². The topological polar surface area (TPSA) is 74.0 Å². The molecule has 0 saturated heterocycles. The first-order valence-electron chi connectivity index (χ1n) is 7.43. The molecule has 5 nitrogen and oxygen atoms in total. The summed E-state index contributed by atoms with van der Waals surface area (Å²) in [4.78, 5) is 8.29. The van der Waals surface area contributed by atoms with Crippen LogP contribution in [0.3, 0.4) is 0 Å². The summed E-state index contributed by atoms with van der Waals surface area (Å²) in [6.07, 6.45) is 3.12. The number of fused-ring (bicyclic) bond motifs is 3. The van der Waals surface area contributed by atoms with Gasteiger partial charge in [0.25, 0.3) is 0 Å². The summed E-state index contributed by atoms with van der Waals surface area (Å²) in [7, 11) is -3.89. The molecule has 0 aliphatic carbocycles. The van der Waals surface area contributed by atoms with E-state index in [2.05, 4.69) is 14.7 Å². The van der Waals surface area contributed by atoms with Gasteiger partial charge in [-0.1, -0.05) is 42.5 Å². The molecule has 8 heteroatoms. The maximum absolute atomic E-state index is 12.5. The molecule has 4 aromatic rings. The Kier molecular flexibility index (Phi) is 5.57. The van der Waals surface area contributed by atoms with Crippen molar-refractivity contribution in [2.75, 3.05) is 0 Å². The van der Waals surface area contributed by atoms with E-state index in [1.54, 1.807) is 30.5 Å². The van der Waals surface area contributed by atoms with Crippen molar-refractivity contribution in [1.29, 1.82) is 0 Å². The molecule has 0 aliphatic heterocycles. The minimum absolute atomic E-state index is 0.0739. The molecule has 0 N–H and O–H groups in total. The number of pyridine rings is 2. The van der Waals surface area contributed by atoms with Crippen molar-refractivity contribution in [3.05, 3.63) is 77.8 Å². The number of hydrogen-bond acceptors (Lipinski definition) is 4. The standard InChI is InChI=1S/C18H12N3O2S.FH.Pd/c22-24(23,16-8-1-2-11-19-16)21-15-7-3-5-13-9-10-14-6-4-12-20-18(14)17(13)15;;/h1-12H;1H;/q-1;;+2/p-1. The van der Waals surface area contributed by atoms with Gasteiger partial charge in [-0.05, 0) is 29.0 Å². The Hall–Kier alpha value is -2.40. The maximum atomic E-state index is 12.5. The second-order valence-corrected chi connectivity index (χ2v) is 6.80. The summed E-state index contributed by atoms with van der Waals surface area (Å²) in [5.41, 5.74) is 1.09. The molecular weight excluding hydrogens is 448 g/mol. The fourth-order valence-electron chi connectivity index (χ4n) is 2.65. The van der Waals surface area contributed by atoms with Crippen LogP contribution in [0.1, 0.15) is 0 Å². The Morgan fingerprint density at radius 3 is 2.31 bits per heavy atom. The van der Waals surface area contributed by atoms with Crippen LogP contribution in [0.4, 0.5) is 8.91 Å². The molecule has 0 unspecified atom stereocenters. The molecule has 134 valence electrons. The van der Waals surface area contributed by atoms with E-state index in [1.165, 1.54) is 32.0 Å². The third-order valence-electron chi connectivity index (χ3n) is 3.71. The molecule has 0 bridgehead atoms. The molecule has 2 aromatic heterocycles. The average Bonchev–Trinajstić information content (AvgIpc) is 2.70. The van der Waals surface area contributed by atoms with Crippen molar-refractivity contribution >= 4 is 37.4 Å². The van der Waals surface area contributed by atoms with Crippen molar-refractivity contribution in [2.45, 2.75) is 5.03 Å². The quantitative estimate of drug-likeness (QED) is 0.331. The Labute approximate surface area is 161 Å². The third kappa shape index (κ3) is 3.58. The van der Waals surface area contributed by atoms with Crippen LogP contribution in [0.25, 0.3) is 26.4 Å². The number of aromatic nitrogens is 2. The van der Waals surface area contributed by atoms with Crippen LogP contribution >= 0.6 is 0 Å². The molecule has 0 radical (unpaired) electrons. The van der Waals surface area contributed by atoms with Crippen molar-refractivity contribution in [1.82, 2.24) is 9.97 Å². The van der Waals surface area contributed by atoms with E-state index < -0.39 is 10.0 Å². The van der Waals surface area contributed by atoms with E-state index in [9.17, 15) is 11.6 Å². The number of benzene rings is 2. The number of halogens is 1. The average molecular weight is 460 g/mol. The minimum atomic E-state index is -3.89. The fourth-order valence-corrected chi connectivity index (χ4v) is 3.60. The molecule has 0 atom stereocenters. The van der Waals surface area contributed by atoms with E-state index in [4.69, 9.17) is 0 Å². The predicted octanol–water partition coefficient (Wildman–Crippen LogP) is 4.59.